The predicted molar refractivity (Wildman–Crippen MR) is 74.8 cm³/mol. The average molecular weight is 239 g/mol. The molecule has 0 fully saturated rings. The summed E-state index contributed by atoms with van der Waals surface area (Å²) in [4.78, 5) is 10.9. The van der Waals surface area contributed by atoms with Crippen LogP contribution in [0.1, 0.15) is 39.5 Å². The minimum atomic E-state index is -1.85. The summed E-state index contributed by atoms with van der Waals surface area (Å²) in [7, 11) is -1.85. The van der Waals surface area contributed by atoms with Crippen molar-refractivity contribution in [3.63, 3.8) is 0 Å². The molecule has 1 rings (SSSR count). The van der Waals surface area contributed by atoms with Gasteiger partial charge in [-0.2, -0.15) is 0 Å². The fraction of sp³-hybridized carbons (Fsp3) is 0.571. The summed E-state index contributed by atoms with van der Waals surface area (Å²) in [5.41, 5.74) is 0. The zero-order chi connectivity index (χ0) is 11.9. The monoisotopic (exact) mass is 239 g/mol. The molecule has 0 amide bonds. The molecule has 1 N–H and O–H groups in total. The van der Waals surface area contributed by atoms with E-state index in [1.807, 2.05) is 18.2 Å². The van der Waals surface area contributed by atoms with Gasteiger partial charge in [-0.25, -0.2) is 4.89 Å². The molecule has 1 nitrogen and oxygen atoms in total. The molecule has 90 valence electrons. The Hall–Kier alpha value is -0.390. The van der Waals surface area contributed by atoms with Crippen LogP contribution in [0.5, 0.6) is 0 Å². The van der Waals surface area contributed by atoms with E-state index < -0.39 is 7.49 Å². The largest absolute Gasteiger partial charge is 0.246 e. The highest BCUT2D eigenvalue weighted by Gasteiger charge is 2.36. The Labute approximate surface area is 100 Å². The normalized spacial score (nSPS) is 11.7. The van der Waals surface area contributed by atoms with Gasteiger partial charge in [0.1, 0.15) is 5.30 Å². The highest BCUT2D eigenvalue weighted by molar-refractivity contribution is 7.77. The maximum Gasteiger partial charge on any atom is 0.174 e. The minimum Gasteiger partial charge on any atom is -0.246 e. The smallest absolute Gasteiger partial charge is 0.174 e. The molecule has 0 aliphatic heterocycles. The summed E-state index contributed by atoms with van der Waals surface area (Å²) in [6.07, 6.45) is 6.61. The lowest BCUT2D eigenvalue weighted by atomic mass is 10.4. The third-order valence-corrected chi connectivity index (χ3v) is 6.37. The van der Waals surface area contributed by atoms with E-state index in [2.05, 4.69) is 26.0 Å². The Morgan fingerprint density at radius 2 is 1.44 bits per heavy atom. The van der Waals surface area contributed by atoms with E-state index in [1.165, 1.54) is 18.1 Å². The topological polar surface area (TPSA) is 20.2 Å². The van der Waals surface area contributed by atoms with Crippen LogP contribution >= 0.6 is 7.49 Å². The minimum absolute atomic E-state index is 0.994. The standard InChI is InChI=1S/C14H24OP/c1-3-5-12-16(15,13-6-4-2)14-10-8-7-9-11-14/h7-11,15H,3-6,12-13H2,1-2H3/q+1. The van der Waals surface area contributed by atoms with Crippen molar-refractivity contribution in [1.29, 1.82) is 0 Å². The fourth-order valence-corrected chi connectivity index (χ4v) is 5.06. The summed E-state index contributed by atoms with van der Waals surface area (Å²) in [5.74, 6) is 0. The van der Waals surface area contributed by atoms with Crippen LogP contribution in [-0.2, 0) is 0 Å². The van der Waals surface area contributed by atoms with Crippen molar-refractivity contribution in [2.24, 2.45) is 0 Å². The highest BCUT2D eigenvalue weighted by atomic mass is 31.2. The highest BCUT2D eigenvalue weighted by Crippen LogP contribution is 2.54. The molecule has 0 atom stereocenters. The second-order valence-electron chi connectivity index (χ2n) is 4.41. The summed E-state index contributed by atoms with van der Waals surface area (Å²) in [6, 6.07) is 10.3. The second kappa shape index (κ2) is 7.04. The molecule has 0 spiro atoms. The van der Waals surface area contributed by atoms with Gasteiger partial charge in [-0.05, 0) is 25.0 Å². The summed E-state index contributed by atoms with van der Waals surface area (Å²) in [5, 5.41) is 1.19. The van der Waals surface area contributed by atoms with Gasteiger partial charge in [0, 0.05) is 0 Å². The lowest BCUT2D eigenvalue weighted by Gasteiger charge is -2.19. The molecule has 1 aromatic rings. The lowest BCUT2D eigenvalue weighted by molar-refractivity contribution is 0.599. The number of hydrogen-bond acceptors (Lipinski definition) is 1. The van der Waals surface area contributed by atoms with Crippen molar-refractivity contribution in [3.8, 4) is 0 Å². The van der Waals surface area contributed by atoms with Crippen LogP contribution < -0.4 is 5.30 Å². The Balaban J connectivity index is 2.77. The number of rotatable bonds is 7. The van der Waals surface area contributed by atoms with Gasteiger partial charge in [-0.1, -0.05) is 44.9 Å². The van der Waals surface area contributed by atoms with Crippen molar-refractivity contribution in [2.45, 2.75) is 39.5 Å². The van der Waals surface area contributed by atoms with E-state index in [0.717, 1.165) is 25.2 Å². The number of unbranched alkanes of at least 4 members (excludes halogenated alkanes) is 2. The number of benzene rings is 1. The van der Waals surface area contributed by atoms with Crippen LogP contribution in [0.2, 0.25) is 0 Å². The van der Waals surface area contributed by atoms with Gasteiger partial charge in [-0.15, -0.1) is 0 Å². The first-order valence-electron chi connectivity index (χ1n) is 6.38. The fourth-order valence-electron chi connectivity index (χ4n) is 1.91. The Morgan fingerprint density at radius 1 is 0.938 bits per heavy atom. The zero-order valence-electron chi connectivity index (χ0n) is 10.5. The maximum absolute atomic E-state index is 10.9. The molecule has 0 saturated carbocycles. The van der Waals surface area contributed by atoms with Crippen molar-refractivity contribution >= 4 is 12.8 Å². The molecule has 0 aliphatic carbocycles. The van der Waals surface area contributed by atoms with Gasteiger partial charge in [0.05, 0.1) is 12.3 Å². The molecule has 0 saturated heterocycles. The van der Waals surface area contributed by atoms with E-state index >= 15 is 0 Å². The predicted octanol–water partition coefficient (Wildman–Crippen LogP) is 3.84. The quantitative estimate of drug-likeness (QED) is 0.717. The van der Waals surface area contributed by atoms with E-state index in [4.69, 9.17) is 0 Å². The van der Waals surface area contributed by atoms with E-state index in [-0.39, 0.29) is 0 Å². The Morgan fingerprint density at radius 3 is 1.88 bits per heavy atom. The average Bonchev–Trinajstić information content (AvgIpc) is 2.35. The van der Waals surface area contributed by atoms with Crippen LogP contribution in [0.3, 0.4) is 0 Å². The van der Waals surface area contributed by atoms with Crippen LogP contribution in [-0.4, -0.2) is 17.2 Å². The number of hydrogen-bond donors (Lipinski definition) is 1. The molecule has 0 bridgehead atoms. The van der Waals surface area contributed by atoms with Gasteiger partial charge in [-0.3, -0.25) is 0 Å². The van der Waals surface area contributed by atoms with Gasteiger partial charge < -0.3 is 0 Å². The summed E-state index contributed by atoms with van der Waals surface area (Å²) >= 11 is 0. The summed E-state index contributed by atoms with van der Waals surface area (Å²) in [6.45, 7) is 4.38. The first-order valence-corrected chi connectivity index (χ1v) is 8.49. The first kappa shape index (κ1) is 13.7. The van der Waals surface area contributed by atoms with E-state index in [1.54, 1.807) is 0 Å². The Kier molecular flexibility index (Phi) is 6.01. The van der Waals surface area contributed by atoms with Crippen molar-refractivity contribution in [1.82, 2.24) is 0 Å². The third kappa shape index (κ3) is 3.88. The van der Waals surface area contributed by atoms with Crippen LogP contribution in [0.15, 0.2) is 30.3 Å². The van der Waals surface area contributed by atoms with Gasteiger partial charge in [0.15, 0.2) is 7.49 Å². The Bertz CT molecular complexity index is 276. The third-order valence-electron chi connectivity index (χ3n) is 3.00. The molecule has 0 heterocycles. The van der Waals surface area contributed by atoms with Gasteiger partial charge >= 0.3 is 0 Å². The zero-order valence-corrected chi connectivity index (χ0v) is 11.4. The van der Waals surface area contributed by atoms with Crippen LogP contribution in [0, 0.1) is 0 Å². The molecule has 1 aromatic carbocycles. The van der Waals surface area contributed by atoms with Gasteiger partial charge in [0.2, 0.25) is 0 Å². The SMILES string of the molecule is CCCC[P+](O)(CCCC)c1ccccc1. The molecule has 0 aliphatic rings. The van der Waals surface area contributed by atoms with E-state index in [9.17, 15) is 4.89 Å². The maximum atomic E-state index is 10.9. The molecule has 0 aromatic heterocycles. The summed E-state index contributed by atoms with van der Waals surface area (Å²) < 4.78 is 0. The van der Waals surface area contributed by atoms with Crippen molar-refractivity contribution in [2.75, 3.05) is 12.3 Å². The molecular weight excluding hydrogens is 215 g/mol. The molecular formula is C14H24OP+. The van der Waals surface area contributed by atoms with E-state index in [0.29, 0.717) is 0 Å². The molecule has 0 unspecified atom stereocenters. The molecule has 0 radical (unpaired) electrons. The first-order chi connectivity index (χ1) is 7.73. The van der Waals surface area contributed by atoms with Crippen LogP contribution in [0.4, 0.5) is 0 Å². The molecule has 2 heteroatoms. The lowest BCUT2D eigenvalue weighted by Crippen LogP contribution is -2.17. The van der Waals surface area contributed by atoms with Crippen LogP contribution in [0.25, 0.3) is 0 Å². The van der Waals surface area contributed by atoms with Gasteiger partial charge in [0.25, 0.3) is 0 Å². The molecule has 16 heavy (non-hydrogen) atoms. The second-order valence-corrected chi connectivity index (χ2v) is 7.67. The van der Waals surface area contributed by atoms with Crippen molar-refractivity contribution < 1.29 is 4.89 Å². The van der Waals surface area contributed by atoms with Crippen molar-refractivity contribution in [3.05, 3.63) is 30.3 Å².